The summed E-state index contributed by atoms with van der Waals surface area (Å²) in [4.78, 5) is 29.7. The summed E-state index contributed by atoms with van der Waals surface area (Å²) in [5.74, 6) is -0.720. The topological polar surface area (TPSA) is 94.4 Å². The molecule has 0 spiro atoms. The van der Waals surface area contributed by atoms with Gasteiger partial charge in [-0.25, -0.2) is 9.79 Å². The zero-order valence-electron chi connectivity index (χ0n) is 18.6. The second-order valence-electron chi connectivity index (χ2n) is 6.71. The molecule has 0 unspecified atom stereocenters. The third-order valence-electron chi connectivity index (χ3n) is 4.55. The Morgan fingerprint density at radius 3 is 2.56 bits per heavy atom. The molecule has 10 heteroatoms. The standard InChI is InChI=1S/C24H21BrClNO6S/c1-4-32-18-10-13(15(25)12-17(18)31-3)11-19-21(28)20(24(30)33-5-2)23(34-19)27-22(29)14-8-6-7-9-16(14)26/h6-12,28H,4-5H2,1-3H3/b19-11-,27-23?. The number of esters is 1. The highest BCUT2D eigenvalue weighted by molar-refractivity contribution is 9.10. The van der Waals surface area contributed by atoms with Gasteiger partial charge in [0.25, 0.3) is 5.91 Å². The maximum Gasteiger partial charge on any atom is 0.344 e. The number of rotatable bonds is 7. The van der Waals surface area contributed by atoms with Crippen LogP contribution in [0.3, 0.4) is 0 Å². The molecular weight excluding hydrogens is 546 g/mol. The highest BCUT2D eigenvalue weighted by Gasteiger charge is 2.34. The summed E-state index contributed by atoms with van der Waals surface area (Å²) >= 11 is 10.6. The van der Waals surface area contributed by atoms with E-state index in [2.05, 4.69) is 20.9 Å². The summed E-state index contributed by atoms with van der Waals surface area (Å²) in [7, 11) is 1.54. The Bertz CT molecular complexity index is 1220. The maximum absolute atomic E-state index is 12.8. The first-order valence-electron chi connectivity index (χ1n) is 10.2. The van der Waals surface area contributed by atoms with E-state index < -0.39 is 11.9 Å². The molecule has 0 saturated heterocycles. The molecule has 178 valence electrons. The first-order chi connectivity index (χ1) is 16.3. The summed E-state index contributed by atoms with van der Waals surface area (Å²) in [5, 5.41) is 11.1. The first-order valence-corrected chi connectivity index (χ1v) is 12.2. The molecule has 2 aromatic rings. The number of hydrogen-bond acceptors (Lipinski definition) is 7. The van der Waals surface area contributed by atoms with Gasteiger partial charge in [0.2, 0.25) is 0 Å². The predicted molar refractivity (Wildman–Crippen MR) is 137 cm³/mol. The summed E-state index contributed by atoms with van der Waals surface area (Å²) in [6.45, 7) is 4.02. The normalized spacial score (nSPS) is 15.7. The number of ether oxygens (including phenoxy) is 3. The van der Waals surface area contributed by atoms with E-state index in [1.807, 2.05) is 6.92 Å². The van der Waals surface area contributed by atoms with Crippen LogP contribution in [0.4, 0.5) is 0 Å². The van der Waals surface area contributed by atoms with Crippen molar-refractivity contribution in [1.82, 2.24) is 0 Å². The van der Waals surface area contributed by atoms with Crippen LogP contribution in [-0.4, -0.2) is 42.4 Å². The van der Waals surface area contributed by atoms with Gasteiger partial charge in [0, 0.05) is 4.47 Å². The lowest BCUT2D eigenvalue weighted by molar-refractivity contribution is -0.138. The Labute approximate surface area is 214 Å². The SMILES string of the molecule is CCOC(=O)C1=C(O)/C(=C/c2cc(OCC)c(OC)cc2Br)SC1=NC(=O)c1ccccc1Cl. The van der Waals surface area contributed by atoms with Gasteiger partial charge in [-0.15, -0.1) is 0 Å². The van der Waals surface area contributed by atoms with Crippen molar-refractivity contribution in [1.29, 1.82) is 0 Å². The Morgan fingerprint density at radius 1 is 1.18 bits per heavy atom. The zero-order chi connectivity index (χ0) is 24.8. The molecule has 0 aliphatic carbocycles. The fraction of sp³-hybridized carbons (Fsp3) is 0.208. The van der Waals surface area contributed by atoms with Crippen LogP contribution in [0.1, 0.15) is 29.8 Å². The van der Waals surface area contributed by atoms with Crippen molar-refractivity contribution in [3.8, 4) is 11.5 Å². The van der Waals surface area contributed by atoms with Crippen LogP contribution in [0, 0.1) is 0 Å². The highest BCUT2D eigenvalue weighted by atomic mass is 79.9. The smallest absolute Gasteiger partial charge is 0.344 e. The number of aliphatic hydroxyl groups is 1. The molecule has 1 aliphatic heterocycles. The van der Waals surface area contributed by atoms with Gasteiger partial charge < -0.3 is 19.3 Å². The van der Waals surface area contributed by atoms with Crippen LogP contribution in [0.15, 0.2) is 62.1 Å². The number of hydrogen-bond donors (Lipinski definition) is 1. The van der Waals surface area contributed by atoms with Crippen molar-refractivity contribution < 1.29 is 28.9 Å². The zero-order valence-corrected chi connectivity index (χ0v) is 21.7. The molecule has 0 aromatic heterocycles. The van der Waals surface area contributed by atoms with Crippen molar-refractivity contribution >= 4 is 62.3 Å². The van der Waals surface area contributed by atoms with E-state index in [0.29, 0.717) is 33.0 Å². The fourth-order valence-corrected chi connectivity index (χ4v) is 4.67. The molecule has 3 rings (SSSR count). The molecule has 0 atom stereocenters. The number of thioether (sulfide) groups is 1. The van der Waals surface area contributed by atoms with Crippen LogP contribution in [-0.2, 0) is 9.53 Å². The number of nitrogens with zero attached hydrogens (tertiary/aromatic N) is 1. The minimum Gasteiger partial charge on any atom is -0.506 e. The molecule has 0 fully saturated rings. The third kappa shape index (κ3) is 5.65. The van der Waals surface area contributed by atoms with E-state index in [1.54, 1.807) is 43.3 Å². The predicted octanol–water partition coefficient (Wildman–Crippen LogP) is 6.21. The van der Waals surface area contributed by atoms with E-state index in [-0.39, 0.29) is 33.6 Å². The fourth-order valence-electron chi connectivity index (χ4n) is 3.01. The van der Waals surface area contributed by atoms with Gasteiger partial charge in [0.05, 0.1) is 35.8 Å². The average molecular weight is 567 g/mol. The van der Waals surface area contributed by atoms with Gasteiger partial charge in [-0.1, -0.05) is 51.4 Å². The van der Waals surface area contributed by atoms with Crippen molar-refractivity contribution in [3.63, 3.8) is 0 Å². The van der Waals surface area contributed by atoms with Gasteiger partial charge in [-0.3, -0.25) is 4.79 Å². The average Bonchev–Trinajstić information content (AvgIpc) is 3.10. The van der Waals surface area contributed by atoms with Gasteiger partial charge in [-0.2, -0.15) is 0 Å². The van der Waals surface area contributed by atoms with Crippen LogP contribution in [0.25, 0.3) is 6.08 Å². The second kappa shape index (κ2) is 11.6. The molecule has 2 aromatic carbocycles. The highest BCUT2D eigenvalue weighted by Crippen LogP contribution is 2.42. The van der Waals surface area contributed by atoms with Gasteiger partial charge in [0.1, 0.15) is 16.4 Å². The van der Waals surface area contributed by atoms with E-state index in [4.69, 9.17) is 25.8 Å². The largest absolute Gasteiger partial charge is 0.506 e. The number of halogens is 2. The monoisotopic (exact) mass is 565 g/mol. The molecule has 1 heterocycles. The lowest BCUT2D eigenvalue weighted by Gasteiger charge is -2.12. The molecule has 0 saturated carbocycles. The molecule has 1 N–H and O–H groups in total. The van der Waals surface area contributed by atoms with Crippen molar-refractivity contribution in [3.05, 3.63) is 73.3 Å². The minimum atomic E-state index is -0.787. The van der Waals surface area contributed by atoms with E-state index in [9.17, 15) is 14.7 Å². The number of methoxy groups -OCH3 is 1. The van der Waals surface area contributed by atoms with Crippen molar-refractivity contribution in [2.45, 2.75) is 13.8 Å². The lowest BCUT2D eigenvalue weighted by atomic mass is 10.1. The summed E-state index contributed by atoms with van der Waals surface area (Å²) < 4.78 is 16.7. The Kier molecular flexibility index (Phi) is 8.82. The molecule has 34 heavy (non-hydrogen) atoms. The molecule has 0 bridgehead atoms. The number of aliphatic hydroxyl groups excluding tert-OH is 1. The summed E-state index contributed by atoms with van der Waals surface area (Å²) in [6, 6.07) is 9.92. The van der Waals surface area contributed by atoms with Crippen LogP contribution in [0.2, 0.25) is 5.02 Å². The number of carbonyl (C=O) groups excluding carboxylic acids is 2. The summed E-state index contributed by atoms with van der Waals surface area (Å²) in [5.41, 5.74) is 0.644. The number of carbonyl (C=O) groups is 2. The minimum absolute atomic E-state index is 0.0155. The number of benzene rings is 2. The van der Waals surface area contributed by atoms with Gasteiger partial charge in [-0.05, 0) is 49.8 Å². The molecule has 1 aliphatic rings. The molecule has 7 nitrogen and oxygen atoms in total. The first kappa shape index (κ1) is 25.9. The van der Waals surface area contributed by atoms with Crippen LogP contribution in [0.5, 0.6) is 11.5 Å². The Balaban J connectivity index is 2.08. The van der Waals surface area contributed by atoms with Crippen molar-refractivity contribution in [2.75, 3.05) is 20.3 Å². The summed E-state index contributed by atoms with van der Waals surface area (Å²) in [6.07, 6.45) is 1.65. The lowest BCUT2D eigenvalue weighted by Crippen LogP contribution is -2.14. The third-order valence-corrected chi connectivity index (χ3v) is 6.58. The number of amides is 1. The maximum atomic E-state index is 12.8. The van der Waals surface area contributed by atoms with E-state index >= 15 is 0 Å². The van der Waals surface area contributed by atoms with Gasteiger partial charge >= 0.3 is 5.97 Å². The second-order valence-corrected chi connectivity index (χ2v) is 9.01. The molecule has 0 radical (unpaired) electrons. The van der Waals surface area contributed by atoms with Crippen LogP contribution >= 0.6 is 39.3 Å². The molecule has 1 amide bonds. The van der Waals surface area contributed by atoms with E-state index in [0.717, 1.165) is 11.8 Å². The quantitative estimate of drug-likeness (QED) is 0.398. The van der Waals surface area contributed by atoms with Gasteiger partial charge in [0.15, 0.2) is 11.5 Å². The molecular formula is C24H21BrClNO6S. The van der Waals surface area contributed by atoms with Crippen LogP contribution < -0.4 is 9.47 Å². The van der Waals surface area contributed by atoms with E-state index in [1.165, 1.54) is 13.2 Å². The Hall–Kier alpha value is -2.75. The number of aliphatic imine (C=N–C) groups is 1. The van der Waals surface area contributed by atoms with Crippen molar-refractivity contribution in [2.24, 2.45) is 4.99 Å². The Morgan fingerprint density at radius 2 is 1.91 bits per heavy atom.